The van der Waals surface area contributed by atoms with Crippen molar-refractivity contribution >= 4 is 27.3 Å². The van der Waals surface area contributed by atoms with E-state index in [1.165, 1.54) is 6.42 Å². The van der Waals surface area contributed by atoms with Crippen molar-refractivity contribution in [3.63, 3.8) is 0 Å². The van der Waals surface area contributed by atoms with E-state index in [4.69, 9.17) is 4.52 Å². The van der Waals surface area contributed by atoms with E-state index in [2.05, 4.69) is 31.4 Å². The summed E-state index contributed by atoms with van der Waals surface area (Å²) in [6, 6.07) is 2.24. The van der Waals surface area contributed by atoms with Crippen LogP contribution in [0, 0.1) is 0 Å². The number of rotatable bonds is 2. The number of nitrogens with zero attached hydrogens (tertiary/aromatic N) is 2. The Hall–Kier alpha value is -0.720. The molecule has 16 heavy (non-hydrogen) atoms. The van der Waals surface area contributed by atoms with Crippen LogP contribution in [0.4, 0.5) is 0 Å². The van der Waals surface area contributed by atoms with Gasteiger partial charge in [0.15, 0.2) is 0 Å². The molecule has 2 aromatic heterocycles. The van der Waals surface area contributed by atoms with Crippen LogP contribution in [0.2, 0.25) is 0 Å². The van der Waals surface area contributed by atoms with Gasteiger partial charge in [0.2, 0.25) is 11.7 Å². The first-order valence-electron chi connectivity index (χ1n) is 5.14. The largest absolute Gasteiger partial charge is 0.337 e. The Labute approximate surface area is 105 Å². The molecule has 0 spiro atoms. The first kappa shape index (κ1) is 10.4. The van der Waals surface area contributed by atoms with Gasteiger partial charge in [0.05, 0.1) is 10.9 Å². The summed E-state index contributed by atoms with van der Waals surface area (Å²) >= 11 is 5.02. The summed E-state index contributed by atoms with van der Waals surface area (Å²) < 4.78 is 6.33. The molecule has 0 amide bonds. The topological polar surface area (TPSA) is 51.0 Å². The standard InChI is InChI=1S/C10H10BrN3OS/c11-6-4-8(16-5-6)9-13-10(15-14-9)7-2-1-3-12-7/h4-5,7,12H,1-3H2/t7-/m0/s1. The van der Waals surface area contributed by atoms with Crippen molar-refractivity contribution in [1.29, 1.82) is 0 Å². The number of nitrogens with one attached hydrogen (secondary N) is 1. The third-order valence-electron chi connectivity index (χ3n) is 2.59. The van der Waals surface area contributed by atoms with Crippen LogP contribution in [-0.2, 0) is 0 Å². The minimum absolute atomic E-state index is 0.240. The molecule has 1 atom stereocenters. The van der Waals surface area contributed by atoms with Gasteiger partial charge in [0.1, 0.15) is 0 Å². The highest BCUT2D eigenvalue weighted by Gasteiger charge is 2.22. The molecular weight excluding hydrogens is 290 g/mol. The van der Waals surface area contributed by atoms with Gasteiger partial charge in [-0.05, 0) is 41.4 Å². The number of halogens is 1. The highest BCUT2D eigenvalue weighted by atomic mass is 79.9. The molecule has 2 aromatic rings. The minimum atomic E-state index is 0.240. The zero-order valence-electron chi connectivity index (χ0n) is 8.44. The van der Waals surface area contributed by atoms with Crippen LogP contribution in [0.3, 0.4) is 0 Å². The summed E-state index contributed by atoms with van der Waals surface area (Å²) in [5, 5.41) is 9.36. The summed E-state index contributed by atoms with van der Waals surface area (Å²) in [6.07, 6.45) is 2.25. The van der Waals surface area contributed by atoms with Crippen LogP contribution in [-0.4, -0.2) is 16.7 Å². The molecule has 0 unspecified atom stereocenters. The predicted octanol–water partition coefficient (Wildman–Crippen LogP) is 2.99. The van der Waals surface area contributed by atoms with Crippen LogP contribution in [0.5, 0.6) is 0 Å². The first-order chi connectivity index (χ1) is 7.83. The van der Waals surface area contributed by atoms with Crippen LogP contribution in [0.1, 0.15) is 24.8 Å². The van der Waals surface area contributed by atoms with E-state index in [-0.39, 0.29) is 6.04 Å². The van der Waals surface area contributed by atoms with Crippen molar-refractivity contribution in [1.82, 2.24) is 15.5 Å². The van der Waals surface area contributed by atoms with E-state index in [0.717, 1.165) is 22.3 Å². The molecule has 3 rings (SSSR count). The lowest BCUT2D eigenvalue weighted by molar-refractivity contribution is 0.345. The Morgan fingerprint density at radius 2 is 2.50 bits per heavy atom. The Bertz CT molecular complexity index is 490. The molecule has 1 saturated heterocycles. The number of thiophene rings is 1. The fourth-order valence-electron chi connectivity index (χ4n) is 1.80. The fourth-order valence-corrected chi connectivity index (χ4v) is 3.15. The molecule has 1 aliphatic heterocycles. The van der Waals surface area contributed by atoms with Gasteiger partial charge in [0.25, 0.3) is 0 Å². The second kappa shape index (κ2) is 4.27. The Morgan fingerprint density at radius 1 is 1.56 bits per heavy atom. The second-order valence-electron chi connectivity index (χ2n) is 3.73. The zero-order chi connectivity index (χ0) is 11.0. The van der Waals surface area contributed by atoms with E-state index in [0.29, 0.717) is 11.7 Å². The Balaban J connectivity index is 1.87. The normalized spacial score (nSPS) is 20.4. The number of aromatic nitrogens is 2. The molecule has 1 N–H and O–H groups in total. The van der Waals surface area contributed by atoms with Crippen LogP contribution in [0.25, 0.3) is 10.7 Å². The van der Waals surface area contributed by atoms with Crippen molar-refractivity contribution in [3.05, 3.63) is 21.8 Å². The Kier molecular flexibility index (Phi) is 2.79. The SMILES string of the molecule is Brc1csc(-c2noc([C@@H]3CCCN3)n2)c1. The van der Waals surface area contributed by atoms with Crippen LogP contribution < -0.4 is 5.32 Å². The third-order valence-corrected chi connectivity index (χ3v) is 4.28. The van der Waals surface area contributed by atoms with E-state index < -0.39 is 0 Å². The van der Waals surface area contributed by atoms with Gasteiger partial charge in [-0.1, -0.05) is 5.16 Å². The maximum absolute atomic E-state index is 5.28. The van der Waals surface area contributed by atoms with Gasteiger partial charge in [0, 0.05) is 9.85 Å². The number of hydrogen-bond donors (Lipinski definition) is 1. The van der Waals surface area contributed by atoms with Gasteiger partial charge in [-0.2, -0.15) is 4.98 Å². The summed E-state index contributed by atoms with van der Waals surface area (Å²) in [5.41, 5.74) is 0. The average Bonchev–Trinajstić information content (AvgIpc) is 2.97. The summed E-state index contributed by atoms with van der Waals surface area (Å²) in [5.74, 6) is 1.39. The molecule has 0 bridgehead atoms. The first-order valence-corrected chi connectivity index (χ1v) is 6.81. The van der Waals surface area contributed by atoms with Crippen molar-refractivity contribution in [2.75, 3.05) is 6.54 Å². The summed E-state index contributed by atoms with van der Waals surface area (Å²) in [7, 11) is 0. The predicted molar refractivity (Wildman–Crippen MR) is 65.3 cm³/mol. The molecule has 3 heterocycles. The maximum atomic E-state index is 5.28. The second-order valence-corrected chi connectivity index (χ2v) is 5.56. The highest BCUT2D eigenvalue weighted by Crippen LogP contribution is 2.29. The highest BCUT2D eigenvalue weighted by molar-refractivity contribution is 9.10. The maximum Gasteiger partial charge on any atom is 0.244 e. The zero-order valence-corrected chi connectivity index (χ0v) is 10.8. The van der Waals surface area contributed by atoms with Gasteiger partial charge >= 0.3 is 0 Å². The molecule has 1 aliphatic rings. The summed E-state index contributed by atoms with van der Waals surface area (Å²) in [6.45, 7) is 1.03. The Morgan fingerprint density at radius 3 is 3.19 bits per heavy atom. The van der Waals surface area contributed by atoms with Crippen molar-refractivity contribution in [2.24, 2.45) is 0 Å². The molecule has 0 saturated carbocycles. The molecule has 84 valence electrons. The molecule has 1 fully saturated rings. The van der Waals surface area contributed by atoms with E-state index in [1.807, 2.05) is 11.4 Å². The van der Waals surface area contributed by atoms with Gasteiger partial charge in [-0.25, -0.2) is 0 Å². The van der Waals surface area contributed by atoms with Crippen LogP contribution in [0.15, 0.2) is 20.4 Å². The van der Waals surface area contributed by atoms with E-state index >= 15 is 0 Å². The van der Waals surface area contributed by atoms with Crippen molar-refractivity contribution in [2.45, 2.75) is 18.9 Å². The van der Waals surface area contributed by atoms with Gasteiger partial charge < -0.3 is 9.84 Å². The lowest BCUT2D eigenvalue weighted by Crippen LogP contribution is -2.12. The van der Waals surface area contributed by atoms with Crippen LogP contribution >= 0.6 is 27.3 Å². The van der Waals surface area contributed by atoms with E-state index in [9.17, 15) is 0 Å². The molecule has 6 heteroatoms. The quantitative estimate of drug-likeness (QED) is 0.926. The monoisotopic (exact) mass is 299 g/mol. The molecule has 0 aliphatic carbocycles. The lowest BCUT2D eigenvalue weighted by Gasteiger charge is -2.01. The van der Waals surface area contributed by atoms with Gasteiger partial charge in [-0.15, -0.1) is 11.3 Å². The third kappa shape index (κ3) is 1.92. The minimum Gasteiger partial charge on any atom is -0.337 e. The smallest absolute Gasteiger partial charge is 0.244 e. The fraction of sp³-hybridized carbons (Fsp3) is 0.400. The van der Waals surface area contributed by atoms with E-state index in [1.54, 1.807) is 11.3 Å². The molecule has 0 radical (unpaired) electrons. The molecular formula is C10H10BrN3OS. The lowest BCUT2D eigenvalue weighted by atomic mass is 10.2. The average molecular weight is 300 g/mol. The summed E-state index contributed by atoms with van der Waals surface area (Å²) in [4.78, 5) is 5.45. The van der Waals surface area contributed by atoms with Crippen molar-refractivity contribution in [3.8, 4) is 10.7 Å². The van der Waals surface area contributed by atoms with Gasteiger partial charge in [-0.3, -0.25) is 0 Å². The molecule has 0 aromatic carbocycles. The number of hydrogen-bond acceptors (Lipinski definition) is 5. The molecule has 4 nitrogen and oxygen atoms in total. The van der Waals surface area contributed by atoms with Crippen molar-refractivity contribution < 1.29 is 4.52 Å².